The minimum atomic E-state index is -1.62. The van der Waals surface area contributed by atoms with Crippen LogP contribution in [-0.2, 0) is 43.1 Å². The van der Waals surface area contributed by atoms with Crippen molar-refractivity contribution >= 4 is 59.6 Å². The summed E-state index contributed by atoms with van der Waals surface area (Å²) in [6.45, 7) is 32.2. The summed E-state index contributed by atoms with van der Waals surface area (Å²) in [5, 5.41) is 52.1. The molecule has 1 fully saturated rings. The van der Waals surface area contributed by atoms with Gasteiger partial charge in [0.15, 0.2) is 0 Å². The van der Waals surface area contributed by atoms with E-state index in [4.69, 9.17) is 9.84 Å². The monoisotopic (exact) mass is 1120 g/mol. The predicted octanol–water partition coefficient (Wildman–Crippen LogP) is 5.70. The fraction of sp³-hybridized carbons (Fsp3) is 0.750. The Morgan fingerprint density at radius 2 is 1.30 bits per heavy atom. The SMILES string of the molecule is C=CC(C)(C)C(C)(C)CC(C)(CC(C)(C(=O)NCC(C)O)C(C)(C)C(C)(C=C)CCC(=O)NC(CC(=O)O)C(=O)N1CCCC1C(=O)NC(CCCCNC(=O)O)C(=O)O)C(=O)NCCCCCC(=O)NNC(=O)OC(C)(C)C. The summed E-state index contributed by atoms with van der Waals surface area (Å²) >= 11 is 0. The molecule has 1 rings (SSSR count). The molecule has 23 nitrogen and oxygen atoms in total. The second-order valence-electron chi connectivity index (χ2n) is 24.6. The minimum absolute atomic E-state index is 0.00721. The van der Waals surface area contributed by atoms with Crippen LogP contribution >= 0.6 is 0 Å². The molecule has 0 bridgehead atoms. The molecule has 0 aromatic carbocycles. The quantitative estimate of drug-likeness (QED) is 0.0209. The molecule has 0 aliphatic carbocycles. The molecule has 0 radical (unpaired) electrons. The number of likely N-dealkylation sites (tertiary alicyclic amines) is 1. The van der Waals surface area contributed by atoms with Crippen LogP contribution < -0.4 is 37.4 Å². The Kier molecular flexibility index (Phi) is 27.2. The number of carboxylic acid groups (broad SMARTS) is 3. The number of aliphatic hydroxyl groups excluding tert-OH is 1. The number of allylic oxidation sites excluding steroid dienone is 2. The van der Waals surface area contributed by atoms with Crippen LogP contribution in [0.5, 0.6) is 0 Å². The van der Waals surface area contributed by atoms with Crippen molar-refractivity contribution in [3.63, 3.8) is 0 Å². The van der Waals surface area contributed by atoms with E-state index in [2.05, 4.69) is 50.6 Å². The molecule has 23 heteroatoms. The molecule has 1 aliphatic rings. The summed E-state index contributed by atoms with van der Waals surface area (Å²) in [5.41, 5.74) is -2.31. The molecule has 79 heavy (non-hydrogen) atoms. The number of nitrogens with one attached hydrogen (secondary N) is 7. The smallest absolute Gasteiger partial charge is 0.426 e. The molecule has 11 N–H and O–H groups in total. The Hall–Kier alpha value is -6.26. The Morgan fingerprint density at radius 3 is 1.85 bits per heavy atom. The molecule has 1 aliphatic heterocycles. The van der Waals surface area contributed by atoms with Crippen molar-refractivity contribution in [1.29, 1.82) is 0 Å². The maximum absolute atomic E-state index is 15.0. The molecular weight excluding hydrogens is 1020 g/mol. The van der Waals surface area contributed by atoms with E-state index in [0.717, 1.165) is 4.90 Å². The van der Waals surface area contributed by atoms with Crippen LogP contribution in [0.4, 0.5) is 9.59 Å². The number of carbonyl (C=O) groups excluding carboxylic acids is 7. The van der Waals surface area contributed by atoms with E-state index in [-0.39, 0.29) is 83.5 Å². The van der Waals surface area contributed by atoms with Gasteiger partial charge < -0.3 is 56.6 Å². The Labute approximate surface area is 467 Å². The molecular formula is C56H96N8O15. The lowest BCUT2D eigenvalue weighted by atomic mass is 9.47. The van der Waals surface area contributed by atoms with Crippen LogP contribution in [0.3, 0.4) is 0 Å². The van der Waals surface area contributed by atoms with Gasteiger partial charge in [-0.1, -0.05) is 80.9 Å². The topological polar surface area (TPSA) is 348 Å². The molecule has 7 atom stereocenters. The van der Waals surface area contributed by atoms with Crippen molar-refractivity contribution < 1.29 is 73.1 Å². The zero-order valence-corrected chi connectivity index (χ0v) is 49.3. The fourth-order valence-electron chi connectivity index (χ4n) is 10.0. The largest absolute Gasteiger partial charge is 0.481 e. The van der Waals surface area contributed by atoms with Gasteiger partial charge in [0.25, 0.3) is 0 Å². The number of carbonyl (C=O) groups is 10. The van der Waals surface area contributed by atoms with E-state index in [0.29, 0.717) is 32.1 Å². The van der Waals surface area contributed by atoms with E-state index in [1.54, 1.807) is 33.8 Å². The molecule has 0 aromatic rings. The van der Waals surface area contributed by atoms with Crippen LogP contribution in [0, 0.1) is 32.5 Å². The second kappa shape index (κ2) is 30.4. The zero-order chi connectivity index (χ0) is 61.0. The maximum atomic E-state index is 15.0. The third-order valence-corrected chi connectivity index (χ3v) is 16.3. The first-order valence-corrected chi connectivity index (χ1v) is 27.4. The summed E-state index contributed by atoms with van der Waals surface area (Å²) in [7, 11) is 0. The molecule has 1 saturated heterocycles. The van der Waals surface area contributed by atoms with Crippen LogP contribution in [0.1, 0.15) is 180 Å². The average molecular weight is 1120 g/mol. The number of ether oxygens (including phenoxy) is 1. The van der Waals surface area contributed by atoms with Gasteiger partial charge >= 0.3 is 24.1 Å². The number of hydrogen-bond donors (Lipinski definition) is 11. The summed E-state index contributed by atoms with van der Waals surface area (Å²) in [5.74, 6) is -6.33. The molecule has 1 heterocycles. The van der Waals surface area contributed by atoms with Crippen molar-refractivity contribution in [3.05, 3.63) is 25.3 Å². The minimum Gasteiger partial charge on any atom is -0.481 e. The second-order valence-corrected chi connectivity index (χ2v) is 24.6. The Balaban J connectivity index is 3.53. The van der Waals surface area contributed by atoms with Gasteiger partial charge in [-0.2, -0.15) is 0 Å². The van der Waals surface area contributed by atoms with E-state index in [9.17, 15) is 63.3 Å². The van der Waals surface area contributed by atoms with Crippen LogP contribution in [0.25, 0.3) is 0 Å². The van der Waals surface area contributed by atoms with Crippen LogP contribution in [0.15, 0.2) is 25.3 Å². The summed E-state index contributed by atoms with van der Waals surface area (Å²) in [4.78, 5) is 132. The fourth-order valence-corrected chi connectivity index (χ4v) is 10.0. The van der Waals surface area contributed by atoms with Crippen molar-refractivity contribution in [2.75, 3.05) is 26.2 Å². The normalized spacial score (nSPS) is 17.3. The molecule has 0 aromatic heterocycles. The highest BCUT2D eigenvalue weighted by Crippen LogP contribution is 2.60. The van der Waals surface area contributed by atoms with Gasteiger partial charge in [-0.25, -0.2) is 19.8 Å². The van der Waals surface area contributed by atoms with Crippen molar-refractivity contribution in [2.24, 2.45) is 32.5 Å². The van der Waals surface area contributed by atoms with Gasteiger partial charge in [0, 0.05) is 44.4 Å². The summed E-state index contributed by atoms with van der Waals surface area (Å²) < 4.78 is 5.13. The number of carboxylic acids is 2. The lowest BCUT2D eigenvalue weighted by Gasteiger charge is -2.56. The van der Waals surface area contributed by atoms with Crippen LogP contribution in [0.2, 0.25) is 0 Å². The van der Waals surface area contributed by atoms with Crippen LogP contribution in [-0.4, -0.2) is 141 Å². The molecule has 0 saturated carbocycles. The van der Waals surface area contributed by atoms with Gasteiger partial charge in [0.05, 0.1) is 17.9 Å². The molecule has 7 unspecified atom stereocenters. The first-order chi connectivity index (χ1) is 36.2. The number of unbranched alkanes of at least 4 members (excludes halogenated alkanes) is 3. The van der Waals surface area contributed by atoms with Gasteiger partial charge in [-0.05, 0) is 114 Å². The lowest BCUT2D eigenvalue weighted by molar-refractivity contribution is -0.154. The van der Waals surface area contributed by atoms with E-state index in [1.807, 2.05) is 61.5 Å². The van der Waals surface area contributed by atoms with Crippen molar-refractivity contribution in [3.8, 4) is 0 Å². The molecule has 0 spiro atoms. The van der Waals surface area contributed by atoms with Crippen molar-refractivity contribution in [1.82, 2.24) is 42.3 Å². The standard InChI is InChI=1S/C56H96N8O15/c1-16-51(7,8)52(9,10)34-54(13,46(74)57-29-21-18-19-26-41(67)62-63-49(78)79-50(4,5)6)35-56(15,47(75)59-33-36(3)65)53(11,12)55(14,17-2)28-27-40(66)60-38(32-42(68)69)44(71)64-31-23-25-39(64)43(70)61-37(45(72)73)24-20-22-30-58-48(76)77/h16-17,36-39,58,65H,1-2,18-35H2,3-15H3,(H,57,74)(H,59,75)(H,60,66)(H,61,70)(H,62,67)(H,63,78)(H,68,69)(H,72,73)(H,76,77). The predicted molar refractivity (Wildman–Crippen MR) is 297 cm³/mol. The number of aliphatic hydroxyl groups is 1. The van der Waals surface area contributed by atoms with Gasteiger partial charge in [0.1, 0.15) is 23.7 Å². The molecule has 450 valence electrons. The highest BCUT2D eigenvalue weighted by atomic mass is 16.6. The third-order valence-electron chi connectivity index (χ3n) is 16.3. The summed E-state index contributed by atoms with van der Waals surface area (Å²) in [6, 6.07) is -4.14. The third kappa shape index (κ3) is 21.7. The Bertz CT molecular complexity index is 2170. The van der Waals surface area contributed by atoms with E-state index in [1.165, 1.54) is 6.92 Å². The number of rotatable bonds is 34. The van der Waals surface area contributed by atoms with E-state index < -0.39 is 122 Å². The Morgan fingerprint density at radius 1 is 0.696 bits per heavy atom. The van der Waals surface area contributed by atoms with Gasteiger partial charge in [-0.3, -0.25) is 39.0 Å². The lowest BCUT2D eigenvalue weighted by Crippen LogP contribution is -2.59. The maximum Gasteiger partial charge on any atom is 0.426 e. The highest BCUT2D eigenvalue weighted by Gasteiger charge is 2.59. The van der Waals surface area contributed by atoms with E-state index >= 15 is 0 Å². The average Bonchev–Trinajstić information content (AvgIpc) is 3.83. The van der Waals surface area contributed by atoms with Gasteiger partial charge in [0.2, 0.25) is 35.4 Å². The zero-order valence-electron chi connectivity index (χ0n) is 49.3. The number of hydrazine groups is 1. The van der Waals surface area contributed by atoms with Crippen molar-refractivity contribution in [2.45, 2.75) is 210 Å². The summed E-state index contributed by atoms with van der Waals surface area (Å²) in [6.07, 6.45) is 2.21. The first kappa shape index (κ1) is 70.8. The van der Waals surface area contributed by atoms with Gasteiger partial charge in [-0.15, -0.1) is 13.2 Å². The first-order valence-electron chi connectivity index (χ1n) is 27.4. The number of amides is 8. The number of aliphatic carboxylic acids is 2. The number of nitrogens with zero attached hydrogens (tertiary/aromatic N) is 1. The molecule has 8 amide bonds. The number of hydrogen-bond acceptors (Lipinski definition) is 12. The highest BCUT2D eigenvalue weighted by molar-refractivity contribution is 5.95.